The largest absolute Gasteiger partial charge is 0.490 e. The smallest absolute Gasteiger partial charge is 0.338 e. The quantitative estimate of drug-likeness (QED) is 0.246. The van der Waals surface area contributed by atoms with Gasteiger partial charge in [0.15, 0.2) is 11.6 Å². The number of ketones is 1. The lowest BCUT2D eigenvalue weighted by molar-refractivity contribution is -0.385. The van der Waals surface area contributed by atoms with Gasteiger partial charge >= 0.3 is 11.7 Å². The Bertz CT molecular complexity index is 1110. The van der Waals surface area contributed by atoms with Gasteiger partial charge in [-0.1, -0.05) is 0 Å². The fraction of sp³-hybridized carbons (Fsp3) is 0.167. The van der Waals surface area contributed by atoms with Gasteiger partial charge in [0.25, 0.3) is 0 Å². The normalized spacial score (nSPS) is 10.7. The number of carbonyl (C=O) groups excluding carboxylic acids is 2. The summed E-state index contributed by atoms with van der Waals surface area (Å²) in [5.41, 5.74) is 0.761. The molecule has 3 rings (SSSR count). The number of hydrogen-bond acceptors (Lipinski definition) is 7. The zero-order chi connectivity index (χ0) is 20.4. The third-order valence-corrected chi connectivity index (χ3v) is 4.53. The number of nitro benzene ring substituents is 1. The van der Waals surface area contributed by atoms with Gasteiger partial charge in [-0.3, -0.25) is 19.3 Å². The molecule has 0 spiro atoms. The predicted molar refractivity (Wildman–Crippen MR) is 102 cm³/mol. The maximum atomic E-state index is 12.9. The lowest BCUT2D eigenvalue weighted by Gasteiger charge is -2.06. The lowest BCUT2D eigenvalue weighted by Crippen LogP contribution is -2.09. The minimum atomic E-state index is -0.592. The van der Waals surface area contributed by atoms with Crippen LogP contribution in [0.15, 0.2) is 41.1 Å². The number of fused-ring (bicyclic) bond motifs is 1. The van der Waals surface area contributed by atoms with Gasteiger partial charge in [0, 0.05) is 17.8 Å². The van der Waals surface area contributed by atoms with Crippen molar-refractivity contribution in [3.63, 3.8) is 0 Å². The van der Waals surface area contributed by atoms with Crippen molar-refractivity contribution >= 4 is 38.9 Å². The van der Waals surface area contributed by atoms with E-state index in [1.165, 1.54) is 42.0 Å². The third kappa shape index (κ3) is 3.46. The van der Waals surface area contributed by atoms with E-state index in [-0.39, 0.29) is 29.4 Å². The van der Waals surface area contributed by atoms with Crippen LogP contribution in [0.5, 0.6) is 5.75 Å². The van der Waals surface area contributed by atoms with E-state index in [9.17, 15) is 19.7 Å². The number of nitrogens with zero attached hydrogens (tertiary/aromatic N) is 3. The molecule has 0 radical (unpaired) electrons. The molecule has 0 saturated carbocycles. The number of aromatic nitrogens is 2. The van der Waals surface area contributed by atoms with Crippen molar-refractivity contribution in [2.24, 2.45) is 0 Å². The molecule has 28 heavy (non-hydrogen) atoms. The van der Waals surface area contributed by atoms with E-state index < -0.39 is 16.7 Å². The van der Waals surface area contributed by atoms with E-state index in [1.807, 2.05) is 0 Å². The average molecular weight is 448 g/mol. The standard InChI is InChI=1S/C18H14BrN3O6/c1-3-28-18(24)11-6-7-21-13(8-11)16(19)20-17(21)15(23)10-4-5-12(22(25)26)14(9-10)27-2/h4-9H,3H2,1-2H3. The summed E-state index contributed by atoms with van der Waals surface area (Å²) < 4.78 is 11.9. The number of rotatable bonds is 6. The molecule has 0 N–H and O–H groups in total. The number of carbonyl (C=O) groups is 2. The highest BCUT2D eigenvalue weighted by Gasteiger charge is 2.23. The van der Waals surface area contributed by atoms with Gasteiger partial charge in [-0.25, -0.2) is 9.78 Å². The van der Waals surface area contributed by atoms with E-state index in [0.717, 1.165) is 0 Å². The van der Waals surface area contributed by atoms with Gasteiger partial charge in [-0.05, 0) is 47.1 Å². The Kier molecular flexibility index (Phi) is 5.41. The van der Waals surface area contributed by atoms with E-state index >= 15 is 0 Å². The molecule has 10 heteroatoms. The van der Waals surface area contributed by atoms with Crippen LogP contribution in [0.1, 0.15) is 33.5 Å². The number of halogens is 1. The summed E-state index contributed by atoms with van der Waals surface area (Å²) in [6.07, 6.45) is 1.54. The molecular formula is C18H14BrN3O6. The van der Waals surface area contributed by atoms with Crippen LogP contribution >= 0.6 is 15.9 Å². The van der Waals surface area contributed by atoms with Crippen molar-refractivity contribution in [2.45, 2.75) is 6.92 Å². The molecule has 0 fully saturated rings. The first kappa shape index (κ1) is 19.5. The molecule has 0 saturated heterocycles. The SMILES string of the molecule is CCOC(=O)c1ccn2c(C(=O)c3ccc([N+](=O)[O-])c(OC)c3)nc(Br)c2c1. The predicted octanol–water partition coefficient (Wildman–Crippen LogP) is 3.42. The van der Waals surface area contributed by atoms with Crippen molar-refractivity contribution < 1.29 is 24.0 Å². The molecule has 1 aromatic carbocycles. The molecule has 9 nitrogen and oxygen atoms in total. The zero-order valence-electron chi connectivity index (χ0n) is 14.8. The second-order valence-corrected chi connectivity index (χ2v) is 6.34. The fourth-order valence-corrected chi connectivity index (χ4v) is 3.12. The summed E-state index contributed by atoms with van der Waals surface area (Å²) in [6, 6.07) is 6.91. The first-order valence-corrected chi connectivity index (χ1v) is 8.88. The van der Waals surface area contributed by atoms with Crippen molar-refractivity contribution in [2.75, 3.05) is 13.7 Å². The first-order valence-electron chi connectivity index (χ1n) is 8.09. The topological polar surface area (TPSA) is 113 Å². The van der Waals surface area contributed by atoms with Crippen LogP contribution < -0.4 is 4.74 Å². The zero-order valence-corrected chi connectivity index (χ0v) is 16.4. The van der Waals surface area contributed by atoms with Crippen LogP contribution in [0.3, 0.4) is 0 Å². The number of ether oxygens (including phenoxy) is 2. The Morgan fingerprint density at radius 3 is 2.64 bits per heavy atom. The molecule has 0 amide bonds. The van der Waals surface area contributed by atoms with Crippen LogP contribution in [0.2, 0.25) is 0 Å². The molecule has 3 aromatic rings. The molecule has 0 atom stereocenters. The summed E-state index contributed by atoms with van der Waals surface area (Å²) in [5.74, 6) is -0.891. The second-order valence-electron chi connectivity index (χ2n) is 5.59. The molecule has 2 heterocycles. The molecule has 2 aromatic heterocycles. The number of methoxy groups -OCH3 is 1. The molecule has 144 valence electrons. The summed E-state index contributed by atoms with van der Waals surface area (Å²) in [6.45, 7) is 1.95. The van der Waals surface area contributed by atoms with Gasteiger partial charge < -0.3 is 9.47 Å². The van der Waals surface area contributed by atoms with Crippen molar-refractivity contribution in [3.8, 4) is 5.75 Å². The van der Waals surface area contributed by atoms with Crippen LogP contribution in [-0.4, -0.2) is 39.8 Å². The van der Waals surface area contributed by atoms with E-state index in [2.05, 4.69) is 20.9 Å². The summed E-state index contributed by atoms with van der Waals surface area (Å²) in [4.78, 5) is 39.5. The van der Waals surface area contributed by atoms with Crippen LogP contribution in [0.25, 0.3) is 5.52 Å². The number of hydrogen-bond donors (Lipinski definition) is 0. The molecular weight excluding hydrogens is 434 g/mol. The van der Waals surface area contributed by atoms with Gasteiger partial charge in [-0.2, -0.15) is 0 Å². The number of nitro groups is 1. The van der Waals surface area contributed by atoms with Crippen LogP contribution in [0.4, 0.5) is 5.69 Å². The molecule has 0 aliphatic heterocycles. The number of pyridine rings is 1. The van der Waals surface area contributed by atoms with E-state index in [0.29, 0.717) is 15.7 Å². The Labute approximate surface area is 167 Å². The average Bonchev–Trinajstić information content (AvgIpc) is 3.03. The first-order chi connectivity index (χ1) is 13.4. The fourth-order valence-electron chi connectivity index (χ4n) is 2.65. The molecule has 0 aliphatic rings. The van der Waals surface area contributed by atoms with E-state index in [1.54, 1.807) is 13.0 Å². The summed E-state index contributed by atoms with van der Waals surface area (Å²) in [7, 11) is 1.29. The maximum absolute atomic E-state index is 12.9. The second kappa shape index (κ2) is 7.77. The van der Waals surface area contributed by atoms with Gasteiger partial charge in [0.05, 0.1) is 29.7 Å². The maximum Gasteiger partial charge on any atom is 0.338 e. The summed E-state index contributed by atoms with van der Waals surface area (Å²) >= 11 is 3.29. The molecule has 0 aliphatic carbocycles. The number of benzene rings is 1. The van der Waals surface area contributed by atoms with Crippen LogP contribution in [-0.2, 0) is 4.74 Å². The van der Waals surface area contributed by atoms with Gasteiger partial charge in [0.2, 0.25) is 5.78 Å². The molecule has 0 bridgehead atoms. The highest BCUT2D eigenvalue weighted by molar-refractivity contribution is 9.10. The number of esters is 1. The van der Waals surface area contributed by atoms with Crippen LogP contribution in [0, 0.1) is 10.1 Å². The van der Waals surface area contributed by atoms with Crippen molar-refractivity contribution in [1.29, 1.82) is 0 Å². The van der Waals surface area contributed by atoms with Gasteiger partial charge in [0.1, 0.15) is 4.60 Å². The highest BCUT2D eigenvalue weighted by Crippen LogP contribution is 2.29. The Morgan fingerprint density at radius 2 is 2.00 bits per heavy atom. The van der Waals surface area contributed by atoms with Gasteiger partial charge in [-0.15, -0.1) is 0 Å². The van der Waals surface area contributed by atoms with E-state index in [4.69, 9.17) is 9.47 Å². The monoisotopic (exact) mass is 447 g/mol. The Hall–Kier alpha value is -3.27. The highest BCUT2D eigenvalue weighted by atomic mass is 79.9. The van der Waals surface area contributed by atoms with Crippen molar-refractivity contribution in [3.05, 3.63) is 68.2 Å². The number of imidazole rings is 1. The molecule has 0 unspecified atom stereocenters. The third-order valence-electron chi connectivity index (χ3n) is 3.95. The minimum absolute atomic E-state index is 0.0274. The van der Waals surface area contributed by atoms with Crippen molar-refractivity contribution in [1.82, 2.24) is 9.38 Å². The Morgan fingerprint density at radius 1 is 1.25 bits per heavy atom. The Balaban J connectivity index is 2.05. The minimum Gasteiger partial charge on any atom is -0.490 e. The lowest BCUT2D eigenvalue weighted by atomic mass is 10.1. The summed E-state index contributed by atoms with van der Waals surface area (Å²) in [5, 5.41) is 11.0.